The highest BCUT2D eigenvalue weighted by atomic mass is 35.5. The van der Waals surface area contributed by atoms with Crippen molar-refractivity contribution in [1.82, 2.24) is 15.2 Å². The smallest absolute Gasteiger partial charge is 0.234 e. The van der Waals surface area contributed by atoms with E-state index in [1.54, 1.807) is 43.5 Å². The Balaban J connectivity index is 1.45. The van der Waals surface area contributed by atoms with Gasteiger partial charge in [0.1, 0.15) is 18.1 Å². The summed E-state index contributed by atoms with van der Waals surface area (Å²) < 4.78 is 10.8. The Kier molecular flexibility index (Phi) is 6.78. The van der Waals surface area contributed by atoms with Crippen LogP contribution in [0.15, 0.2) is 47.6 Å². The summed E-state index contributed by atoms with van der Waals surface area (Å²) in [5.41, 5.74) is 1.64. The fourth-order valence-electron chi connectivity index (χ4n) is 2.27. The lowest BCUT2D eigenvalue weighted by molar-refractivity contribution is -0.113. The number of nitrogens with one attached hydrogen (secondary N) is 2. The first-order valence-electron chi connectivity index (χ1n) is 8.40. The molecule has 0 aliphatic rings. The average molecular weight is 419 g/mol. The normalized spacial score (nSPS) is 10.5. The molecule has 0 saturated heterocycles. The molecular weight excluding hydrogens is 400 g/mol. The number of methoxy groups -OCH3 is 1. The predicted molar refractivity (Wildman–Crippen MR) is 109 cm³/mol. The molecule has 2 aromatic carbocycles. The van der Waals surface area contributed by atoms with Crippen LogP contribution >= 0.6 is 23.4 Å². The minimum absolute atomic E-state index is 0.144. The average Bonchev–Trinajstić information content (AvgIpc) is 3.16. The lowest BCUT2D eigenvalue weighted by Crippen LogP contribution is -2.14. The maximum atomic E-state index is 12.1. The highest BCUT2D eigenvalue weighted by Crippen LogP contribution is 2.22. The van der Waals surface area contributed by atoms with Gasteiger partial charge >= 0.3 is 0 Å². The van der Waals surface area contributed by atoms with Gasteiger partial charge in [-0.25, -0.2) is 4.98 Å². The molecule has 146 valence electrons. The quantitative estimate of drug-likeness (QED) is 0.536. The van der Waals surface area contributed by atoms with Gasteiger partial charge in [-0.2, -0.15) is 0 Å². The van der Waals surface area contributed by atoms with E-state index < -0.39 is 0 Å². The number of amides is 1. The second kappa shape index (κ2) is 9.48. The summed E-state index contributed by atoms with van der Waals surface area (Å²) in [7, 11) is 1.59. The summed E-state index contributed by atoms with van der Waals surface area (Å²) >= 11 is 7.24. The van der Waals surface area contributed by atoms with Crippen molar-refractivity contribution < 1.29 is 14.3 Å². The zero-order valence-electron chi connectivity index (χ0n) is 15.4. The van der Waals surface area contributed by atoms with Crippen LogP contribution in [0, 0.1) is 6.92 Å². The molecule has 3 rings (SSSR count). The third kappa shape index (κ3) is 5.64. The number of nitrogens with zero attached hydrogens (tertiary/aromatic N) is 2. The number of H-pyrrole nitrogens is 1. The van der Waals surface area contributed by atoms with E-state index in [9.17, 15) is 4.79 Å². The molecule has 3 aromatic rings. The fourth-order valence-corrected chi connectivity index (χ4v) is 3.00. The number of aryl methyl sites for hydroxylation is 1. The van der Waals surface area contributed by atoms with E-state index in [1.807, 2.05) is 13.0 Å². The highest BCUT2D eigenvalue weighted by molar-refractivity contribution is 7.99. The summed E-state index contributed by atoms with van der Waals surface area (Å²) in [6.45, 7) is 2.15. The van der Waals surface area contributed by atoms with Crippen molar-refractivity contribution in [3.63, 3.8) is 0 Å². The van der Waals surface area contributed by atoms with Crippen LogP contribution < -0.4 is 14.8 Å². The van der Waals surface area contributed by atoms with Crippen molar-refractivity contribution in [1.29, 1.82) is 0 Å². The Hall–Kier alpha value is -2.71. The van der Waals surface area contributed by atoms with Crippen molar-refractivity contribution >= 4 is 35.0 Å². The van der Waals surface area contributed by atoms with Crippen molar-refractivity contribution in [2.45, 2.75) is 18.7 Å². The van der Waals surface area contributed by atoms with E-state index in [0.29, 0.717) is 27.4 Å². The van der Waals surface area contributed by atoms with Crippen LogP contribution in [-0.4, -0.2) is 34.0 Å². The summed E-state index contributed by atoms with van der Waals surface area (Å²) in [6, 6.07) is 12.6. The molecule has 7 nitrogen and oxygen atoms in total. The third-order valence-electron chi connectivity index (χ3n) is 3.72. The lowest BCUT2D eigenvalue weighted by atomic mass is 10.2. The number of anilines is 1. The number of ether oxygens (including phenoxy) is 2. The topological polar surface area (TPSA) is 89.1 Å². The van der Waals surface area contributed by atoms with Gasteiger partial charge in [-0.1, -0.05) is 23.4 Å². The molecule has 0 spiro atoms. The predicted octanol–water partition coefficient (Wildman–Crippen LogP) is 4.08. The molecule has 0 bridgehead atoms. The number of halogens is 1. The first kappa shape index (κ1) is 20.0. The number of carbonyl (C=O) groups excluding carboxylic acids is 1. The molecule has 9 heteroatoms. The van der Waals surface area contributed by atoms with E-state index >= 15 is 0 Å². The number of rotatable bonds is 8. The van der Waals surface area contributed by atoms with Crippen LogP contribution in [0.25, 0.3) is 0 Å². The zero-order chi connectivity index (χ0) is 19.9. The summed E-state index contributed by atoms with van der Waals surface area (Å²) in [4.78, 5) is 16.4. The summed E-state index contributed by atoms with van der Waals surface area (Å²) in [5, 5.41) is 10.9. The Morgan fingerprint density at radius 2 is 1.96 bits per heavy atom. The summed E-state index contributed by atoms with van der Waals surface area (Å²) in [6.07, 6.45) is 0. The van der Waals surface area contributed by atoms with E-state index in [0.717, 1.165) is 11.3 Å². The molecule has 28 heavy (non-hydrogen) atoms. The molecular formula is C19H19ClN4O3S. The molecule has 2 N–H and O–H groups in total. The largest absolute Gasteiger partial charge is 0.497 e. The standard InChI is InChI=1S/C19H19ClN4O3S/c1-12-9-15(7-8-16(12)20)27-10-17-22-19(24-23-17)28-11-18(25)21-13-3-5-14(26-2)6-4-13/h3-9H,10-11H2,1-2H3,(H,21,25)(H,22,23,24). The van der Waals surface area contributed by atoms with E-state index in [1.165, 1.54) is 11.8 Å². The number of aromatic amines is 1. The van der Waals surface area contributed by atoms with Crippen molar-refractivity contribution in [3.8, 4) is 11.5 Å². The number of thioether (sulfide) groups is 1. The van der Waals surface area contributed by atoms with Crippen LogP contribution in [-0.2, 0) is 11.4 Å². The third-order valence-corrected chi connectivity index (χ3v) is 4.99. The first-order valence-corrected chi connectivity index (χ1v) is 9.77. The van der Waals surface area contributed by atoms with Gasteiger partial charge < -0.3 is 14.8 Å². The van der Waals surface area contributed by atoms with Gasteiger partial charge in [0, 0.05) is 10.7 Å². The molecule has 1 heterocycles. The molecule has 0 unspecified atom stereocenters. The van der Waals surface area contributed by atoms with Gasteiger partial charge in [0.25, 0.3) is 0 Å². The second-order valence-electron chi connectivity index (χ2n) is 5.83. The van der Waals surface area contributed by atoms with Gasteiger partial charge in [0.2, 0.25) is 11.1 Å². The molecule has 0 radical (unpaired) electrons. The number of hydrogen-bond acceptors (Lipinski definition) is 6. The lowest BCUT2D eigenvalue weighted by Gasteiger charge is -2.05. The summed E-state index contributed by atoms with van der Waals surface area (Å²) in [5.74, 6) is 2.06. The number of benzene rings is 2. The SMILES string of the molecule is COc1ccc(NC(=O)CSc2n[nH]c(COc3ccc(Cl)c(C)c3)n2)cc1. The minimum Gasteiger partial charge on any atom is -0.497 e. The van der Waals surface area contributed by atoms with Crippen LogP contribution in [0.3, 0.4) is 0 Å². The Morgan fingerprint density at radius 3 is 2.68 bits per heavy atom. The van der Waals surface area contributed by atoms with Gasteiger partial charge in [-0.3, -0.25) is 9.89 Å². The minimum atomic E-state index is -0.144. The molecule has 1 aromatic heterocycles. The first-order chi connectivity index (χ1) is 13.5. The van der Waals surface area contributed by atoms with Crippen LogP contribution in [0.2, 0.25) is 5.02 Å². The van der Waals surface area contributed by atoms with E-state index in [-0.39, 0.29) is 18.3 Å². The molecule has 0 atom stereocenters. The Bertz CT molecular complexity index is 947. The molecule has 0 saturated carbocycles. The Morgan fingerprint density at radius 1 is 1.21 bits per heavy atom. The van der Waals surface area contributed by atoms with Crippen LogP contribution in [0.1, 0.15) is 11.4 Å². The number of carbonyl (C=O) groups is 1. The zero-order valence-corrected chi connectivity index (χ0v) is 16.9. The van der Waals surface area contributed by atoms with Gasteiger partial charge in [0.05, 0.1) is 12.9 Å². The van der Waals surface area contributed by atoms with E-state index in [2.05, 4.69) is 20.5 Å². The van der Waals surface area contributed by atoms with Gasteiger partial charge in [-0.15, -0.1) is 5.10 Å². The van der Waals surface area contributed by atoms with Gasteiger partial charge in [0.15, 0.2) is 5.82 Å². The molecule has 1 amide bonds. The number of hydrogen-bond donors (Lipinski definition) is 2. The van der Waals surface area contributed by atoms with E-state index in [4.69, 9.17) is 21.1 Å². The monoisotopic (exact) mass is 418 g/mol. The Labute approximate surface area is 171 Å². The maximum absolute atomic E-state index is 12.1. The van der Waals surface area contributed by atoms with Crippen LogP contribution in [0.4, 0.5) is 5.69 Å². The van der Waals surface area contributed by atoms with Crippen molar-refractivity contribution in [2.75, 3.05) is 18.2 Å². The molecule has 0 aliphatic heterocycles. The number of aromatic nitrogens is 3. The second-order valence-corrected chi connectivity index (χ2v) is 7.18. The fraction of sp³-hybridized carbons (Fsp3) is 0.211. The van der Waals surface area contributed by atoms with Gasteiger partial charge in [-0.05, 0) is 55.0 Å². The molecule has 0 aliphatic carbocycles. The highest BCUT2D eigenvalue weighted by Gasteiger charge is 2.09. The van der Waals surface area contributed by atoms with Crippen molar-refractivity contribution in [2.24, 2.45) is 0 Å². The maximum Gasteiger partial charge on any atom is 0.234 e. The molecule has 0 fully saturated rings. The van der Waals surface area contributed by atoms with Crippen molar-refractivity contribution in [3.05, 3.63) is 58.9 Å². The van der Waals surface area contributed by atoms with Crippen LogP contribution in [0.5, 0.6) is 11.5 Å².